The summed E-state index contributed by atoms with van der Waals surface area (Å²) in [5.74, 6) is 0.253. The predicted molar refractivity (Wildman–Crippen MR) is 107 cm³/mol. The fraction of sp³-hybridized carbons (Fsp3) is 0.0526. The zero-order valence-electron chi connectivity index (χ0n) is 14.0. The molecule has 0 unspecified atom stereocenters. The molecule has 0 aliphatic rings. The Morgan fingerprint density at radius 1 is 0.962 bits per heavy atom. The van der Waals surface area contributed by atoms with Gasteiger partial charge in [0.2, 0.25) is 0 Å². The quantitative estimate of drug-likeness (QED) is 0.599. The van der Waals surface area contributed by atoms with Gasteiger partial charge >= 0.3 is 0 Å². The number of nitrogen functional groups attached to an aromatic ring is 1. The van der Waals surface area contributed by atoms with Crippen LogP contribution in [-0.2, 0) is 10.0 Å². The highest BCUT2D eigenvalue weighted by molar-refractivity contribution is 9.10. The molecule has 0 aliphatic carbocycles. The lowest BCUT2D eigenvalue weighted by Gasteiger charge is -2.26. The Hall–Kier alpha value is -2.51. The number of ether oxygens (including phenoxy) is 1. The first-order chi connectivity index (χ1) is 12.4. The van der Waals surface area contributed by atoms with Crippen LogP contribution in [0.3, 0.4) is 0 Å². The van der Waals surface area contributed by atoms with Crippen LogP contribution in [0, 0.1) is 0 Å². The van der Waals surface area contributed by atoms with Crippen LogP contribution in [0.1, 0.15) is 0 Å². The van der Waals surface area contributed by atoms with Crippen molar-refractivity contribution in [2.24, 2.45) is 0 Å². The van der Waals surface area contributed by atoms with Gasteiger partial charge in [-0.1, -0.05) is 46.3 Å². The monoisotopic (exact) mass is 432 g/mol. The molecule has 3 aromatic rings. The molecule has 0 radical (unpaired) electrons. The molecule has 0 bridgehead atoms. The van der Waals surface area contributed by atoms with E-state index in [0.717, 1.165) is 0 Å². The number of hydrogen-bond acceptors (Lipinski definition) is 4. The van der Waals surface area contributed by atoms with Crippen molar-refractivity contribution in [2.45, 2.75) is 4.90 Å². The number of nitrogens with zero attached hydrogens (tertiary/aromatic N) is 1. The van der Waals surface area contributed by atoms with Crippen LogP contribution in [0.4, 0.5) is 17.1 Å². The molecular formula is C19H17BrN2O3S. The molecule has 134 valence electrons. The summed E-state index contributed by atoms with van der Waals surface area (Å²) in [6, 6.07) is 20.5. The topological polar surface area (TPSA) is 72.6 Å². The number of sulfonamides is 1. The van der Waals surface area contributed by atoms with Crippen molar-refractivity contribution < 1.29 is 13.2 Å². The second kappa shape index (κ2) is 7.39. The summed E-state index contributed by atoms with van der Waals surface area (Å²) in [5, 5.41) is 0. The van der Waals surface area contributed by atoms with E-state index in [1.165, 1.54) is 17.5 Å². The number of rotatable bonds is 5. The maximum atomic E-state index is 13.6. The highest BCUT2D eigenvalue weighted by atomic mass is 79.9. The van der Waals surface area contributed by atoms with E-state index in [1.54, 1.807) is 60.7 Å². The van der Waals surface area contributed by atoms with Gasteiger partial charge in [-0.05, 0) is 42.5 Å². The van der Waals surface area contributed by atoms with Crippen molar-refractivity contribution in [2.75, 3.05) is 17.1 Å². The predicted octanol–water partition coefficient (Wildman–Crippen LogP) is 4.57. The van der Waals surface area contributed by atoms with Crippen LogP contribution >= 0.6 is 15.9 Å². The highest BCUT2D eigenvalue weighted by Crippen LogP contribution is 2.39. The van der Waals surface area contributed by atoms with Crippen molar-refractivity contribution in [1.82, 2.24) is 0 Å². The molecule has 0 heterocycles. The molecule has 0 saturated heterocycles. The van der Waals surface area contributed by atoms with Crippen molar-refractivity contribution in [3.63, 3.8) is 0 Å². The molecule has 26 heavy (non-hydrogen) atoms. The van der Waals surface area contributed by atoms with Gasteiger partial charge in [0.05, 0.1) is 24.2 Å². The van der Waals surface area contributed by atoms with Gasteiger partial charge in [-0.25, -0.2) is 12.7 Å². The van der Waals surface area contributed by atoms with Crippen LogP contribution in [-0.4, -0.2) is 15.5 Å². The zero-order chi connectivity index (χ0) is 18.7. The van der Waals surface area contributed by atoms with E-state index in [0.29, 0.717) is 21.5 Å². The zero-order valence-corrected chi connectivity index (χ0v) is 16.4. The molecule has 5 nitrogen and oxygen atoms in total. The standard InChI is InChI=1S/C19H17BrN2O3S/c1-25-18-12-11-14(20)13-19(18)26(23,24)22(15-7-3-2-4-8-15)17-10-6-5-9-16(17)21/h2-13H,21H2,1H3. The normalized spacial score (nSPS) is 11.2. The van der Waals surface area contributed by atoms with Gasteiger partial charge in [-0.2, -0.15) is 0 Å². The smallest absolute Gasteiger partial charge is 0.272 e. The molecule has 0 atom stereocenters. The lowest BCUT2D eigenvalue weighted by atomic mass is 10.2. The Balaban J connectivity index is 2.29. The fourth-order valence-corrected chi connectivity index (χ4v) is 4.81. The molecule has 2 N–H and O–H groups in total. The van der Waals surface area contributed by atoms with Crippen LogP contribution in [0.15, 0.2) is 82.2 Å². The summed E-state index contributed by atoms with van der Waals surface area (Å²) < 4.78 is 34.3. The summed E-state index contributed by atoms with van der Waals surface area (Å²) in [7, 11) is -2.56. The van der Waals surface area contributed by atoms with Crippen LogP contribution < -0.4 is 14.8 Å². The second-order valence-corrected chi connectivity index (χ2v) is 8.13. The summed E-state index contributed by atoms with van der Waals surface area (Å²) in [6.07, 6.45) is 0. The number of benzene rings is 3. The number of anilines is 3. The summed E-state index contributed by atoms with van der Waals surface area (Å²) >= 11 is 3.33. The van der Waals surface area contributed by atoms with Crippen LogP contribution in [0.5, 0.6) is 5.75 Å². The maximum absolute atomic E-state index is 13.6. The van der Waals surface area contributed by atoms with E-state index >= 15 is 0 Å². The first-order valence-electron chi connectivity index (χ1n) is 7.73. The lowest BCUT2D eigenvalue weighted by Crippen LogP contribution is -2.27. The van der Waals surface area contributed by atoms with E-state index in [1.807, 2.05) is 6.07 Å². The second-order valence-electron chi connectivity index (χ2n) is 5.46. The third kappa shape index (κ3) is 3.40. The van der Waals surface area contributed by atoms with Crippen molar-refractivity contribution in [3.8, 4) is 5.75 Å². The summed E-state index contributed by atoms with van der Waals surface area (Å²) in [4.78, 5) is 0.0430. The number of hydrogen-bond donors (Lipinski definition) is 1. The minimum Gasteiger partial charge on any atom is -0.495 e. The fourth-order valence-electron chi connectivity index (χ4n) is 2.59. The molecule has 3 aromatic carbocycles. The van der Waals surface area contributed by atoms with Crippen molar-refractivity contribution >= 4 is 43.0 Å². The molecular weight excluding hydrogens is 416 g/mol. The van der Waals surface area contributed by atoms with Gasteiger partial charge in [-0.15, -0.1) is 0 Å². The first-order valence-corrected chi connectivity index (χ1v) is 9.97. The largest absolute Gasteiger partial charge is 0.495 e. The minimum atomic E-state index is -4.00. The maximum Gasteiger partial charge on any atom is 0.272 e. The Bertz CT molecular complexity index is 1020. The third-order valence-corrected chi connectivity index (χ3v) is 6.05. The number of para-hydroxylation sites is 3. The molecule has 0 spiro atoms. The molecule has 3 rings (SSSR count). The van der Waals surface area contributed by atoms with Gasteiger partial charge in [0, 0.05) is 4.47 Å². The number of halogens is 1. The first kappa shape index (κ1) is 18.3. The van der Waals surface area contributed by atoms with Gasteiger partial charge in [0.1, 0.15) is 10.6 Å². The number of nitrogens with two attached hydrogens (primary N) is 1. The molecule has 0 saturated carbocycles. The molecule has 0 aliphatic heterocycles. The lowest BCUT2D eigenvalue weighted by molar-refractivity contribution is 0.402. The van der Waals surface area contributed by atoms with Gasteiger partial charge in [0.25, 0.3) is 10.0 Å². The molecule has 0 amide bonds. The molecule has 7 heteroatoms. The number of methoxy groups -OCH3 is 1. The molecule has 0 aromatic heterocycles. The molecule has 0 fully saturated rings. The van der Waals surface area contributed by atoms with E-state index in [4.69, 9.17) is 10.5 Å². The van der Waals surface area contributed by atoms with E-state index in [-0.39, 0.29) is 10.6 Å². The van der Waals surface area contributed by atoms with Gasteiger partial charge < -0.3 is 10.5 Å². The Kier molecular flexibility index (Phi) is 5.20. The van der Waals surface area contributed by atoms with E-state index < -0.39 is 10.0 Å². The average molecular weight is 433 g/mol. The Morgan fingerprint density at radius 3 is 2.27 bits per heavy atom. The van der Waals surface area contributed by atoms with Gasteiger partial charge in [0.15, 0.2) is 0 Å². The van der Waals surface area contributed by atoms with Gasteiger partial charge in [-0.3, -0.25) is 0 Å². The third-order valence-electron chi connectivity index (χ3n) is 3.79. The van der Waals surface area contributed by atoms with E-state index in [2.05, 4.69) is 15.9 Å². The van der Waals surface area contributed by atoms with E-state index in [9.17, 15) is 8.42 Å². The highest BCUT2D eigenvalue weighted by Gasteiger charge is 2.31. The Morgan fingerprint density at radius 2 is 1.62 bits per heavy atom. The summed E-state index contributed by atoms with van der Waals surface area (Å²) in [6.45, 7) is 0. The van der Waals surface area contributed by atoms with Crippen molar-refractivity contribution in [3.05, 3.63) is 77.3 Å². The SMILES string of the molecule is COc1ccc(Br)cc1S(=O)(=O)N(c1ccccc1)c1ccccc1N. The summed E-state index contributed by atoms with van der Waals surface area (Å²) in [5.41, 5.74) is 7.30. The van der Waals surface area contributed by atoms with Crippen LogP contribution in [0.25, 0.3) is 0 Å². The minimum absolute atomic E-state index is 0.0430. The average Bonchev–Trinajstić information content (AvgIpc) is 2.64. The van der Waals surface area contributed by atoms with Crippen molar-refractivity contribution in [1.29, 1.82) is 0 Å². The van der Waals surface area contributed by atoms with Crippen LogP contribution in [0.2, 0.25) is 0 Å². The Labute approximate surface area is 161 Å².